The molecule has 2 rings (SSSR count). The molecule has 0 aliphatic carbocycles. The van der Waals surface area contributed by atoms with Gasteiger partial charge in [-0.2, -0.15) is 0 Å². The van der Waals surface area contributed by atoms with Crippen molar-refractivity contribution in [3.63, 3.8) is 0 Å². The number of thiophene rings is 1. The lowest BCUT2D eigenvalue weighted by Gasteiger charge is -2.03. The molecule has 0 saturated heterocycles. The normalized spacial score (nSPS) is 10.7. The van der Waals surface area contributed by atoms with Crippen LogP contribution in [-0.4, -0.2) is 28.6 Å². The van der Waals surface area contributed by atoms with E-state index in [2.05, 4.69) is 34.7 Å². The molecule has 0 saturated carbocycles. The van der Waals surface area contributed by atoms with E-state index in [0.29, 0.717) is 22.5 Å². The molecule has 2 amide bonds. The molecule has 8 heteroatoms. The predicted molar refractivity (Wildman–Crippen MR) is 88.3 cm³/mol. The molecular weight excluding hydrogens is 320 g/mol. The molecule has 2 N–H and O–H groups in total. The van der Waals surface area contributed by atoms with Gasteiger partial charge in [-0.15, -0.1) is 21.5 Å². The molecule has 0 radical (unpaired) electrons. The number of amides is 2. The van der Waals surface area contributed by atoms with E-state index in [1.54, 1.807) is 6.07 Å². The molecule has 2 heterocycles. The first-order chi connectivity index (χ1) is 10.5. The molecular formula is C14H18N4O2S2. The summed E-state index contributed by atoms with van der Waals surface area (Å²) in [4.78, 5) is 24.1. The average Bonchev–Trinajstić information content (AvgIpc) is 3.09. The second-order valence-electron chi connectivity index (χ2n) is 5.13. The highest BCUT2D eigenvalue weighted by Gasteiger charge is 2.10. The number of aromatic nitrogens is 2. The molecule has 0 aromatic carbocycles. The van der Waals surface area contributed by atoms with Crippen LogP contribution in [-0.2, 0) is 11.2 Å². The van der Waals surface area contributed by atoms with E-state index in [-0.39, 0.29) is 18.2 Å². The summed E-state index contributed by atoms with van der Waals surface area (Å²) in [5.41, 5.74) is 0. The topological polar surface area (TPSA) is 84.0 Å². The smallest absolute Gasteiger partial charge is 0.261 e. The number of nitrogens with one attached hydrogen (secondary N) is 2. The first kappa shape index (κ1) is 16.6. The van der Waals surface area contributed by atoms with E-state index in [0.717, 1.165) is 11.4 Å². The number of carbonyl (C=O) groups excluding carboxylic acids is 2. The molecule has 0 aliphatic heterocycles. The van der Waals surface area contributed by atoms with Crippen LogP contribution >= 0.6 is 22.7 Å². The van der Waals surface area contributed by atoms with Gasteiger partial charge >= 0.3 is 0 Å². The van der Waals surface area contributed by atoms with Gasteiger partial charge < -0.3 is 10.6 Å². The van der Waals surface area contributed by atoms with Crippen molar-refractivity contribution in [2.45, 2.75) is 26.7 Å². The van der Waals surface area contributed by atoms with Gasteiger partial charge in [0.05, 0.1) is 4.88 Å². The minimum atomic E-state index is -0.182. The lowest BCUT2D eigenvalue weighted by atomic mass is 10.1. The second-order valence-corrected chi connectivity index (χ2v) is 7.14. The van der Waals surface area contributed by atoms with Crippen LogP contribution in [0.1, 0.15) is 34.9 Å². The van der Waals surface area contributed by atoms with Crippen molar-refractivity contribution in [3.8, 4) is 0 Å². The van der Waals surface area contributed by atoms with Gasteiger partial charge in [0, 0.05) is 19.4 Å². The molecule has 22 heavy (non-hydrogen) atoms. The SMILES string of the molecule is CC(C)Cc1nnc(NC(=O)CCNC(=O)c2cccs2)s1. The fourth-order valence-corrected chi connectivity index (χ4v) is 3.31. The molecule has 2 aromatic heterocycles. The summed E-state index contributed by atoms with van der Waals surface area (Å²) in [6, 6.07) is 3.56. The van der Waals surface area contributed by atoms with Crippen LogP contribution < -0.4 is 10.6 Å². The van der Waals surface area contributed by atoms with E-state index in [1.165, 1.54) is 22.7 Å². The molecule has 0 spiro atoms. The van der Waals surface area contributed by atoms with Gasteiger partial charge in [0.2, 0.25) is 11.0 Å². The summed E-state index contributed by atoms with van der Waals surface area (Å²) in [5, 5.41) is 16.7. The summed E-state index contributed by atoms with van der Waals surface area (Å²) in [7, 11) is 0. The Hall–Kier alpha value is -1.80. The van der Waals surface area contributed by atoms with Crippen LogP contribution in [0.2, 0.25) is 0 Å². The quantitative estimate of drug-likeness (QED) is 0.812. The molecule has 0 aliphatic rings. The van der Waals surface area contributed by atoms with Gasteiger partial charge in [0.15, 0.2) is 0 Å². The van der Waals surface area contributed by atoms with Crippen molar-refractivity contribution < 1.29 is 9.59 Å². The Kier molecular flexibility index (Phi) is 6.02. The summed E-state index contributed by atoms with van der Waals surface area (Å²) >= 11 is 2.76. The molecule has 0 unspecified atom stereocenters. The van der Waals surface area contributed by atoms with Gasteiger partial charge in [0.1, 0.15) is 5.01 Å². The Morgan fingerprint density at radius 2 is 2.14 bits per heavy atom. The van der Waals surface area contributed by atoms with Crippen LogP contribution in [0.3, 0.4) is 0 Å². The number of carbonyl (C=O) groups is 2. The molecule has 0 bridgehead atoms. The van der Waals surface area contributed by atoms with Crippen molar-refractivity contribution in [1.29, 1.82) is 0 Å². The second kappa shape index (κ2) is 8.00. The zero-order chi connectivity index (χ0) is 15.9. The van der Waals surface area contributed by atoms with Crippen molar-refractivity contribution >= 4 is 39.6 Å². The molecule has 2 aromatic rings. The maximum absolute atomic E-state index is 11.8. The third-order valence-corrected chi connectivity index (χ3v) is 4.41. The Bertz CT molecular complexity index is 623. The minimum Gasteiger partial charge on any atom is -0.351 e. The Balaban J connectivity index is 1.71. The van der Waals surface area contributed by atoms with Gasteiger partial charge in [-0.25, -0.2) is 0 Å². The first-order valence-electron chi connectivity index (χ1n) is 6.98. The zero-order valence-electron chi connectivity index (χ0n) is 12.5. The third-order valence-electron chi connectivity index (χ3n) is 2.68. The fourth-order valence-electron chi connectivity index (χ4n) is 1.70. The van der Waals surface area contributed by atoms with Crippen LogP contribution in [0.15, 0.2) is 17.5 Å². The number of hydrogen-bond donors (Lipinski definition) is 2. The van der Waals surface area contributed by atoms with E-state index in [1.807, 2.05) is 11.4 Å². The van der Waals surface area contributed by atoms with E-state index in [9.17, 15) is 9.59 Å². The summed E-state index contributed by atoms with van der Waals surface area (Å²) in [6.45, 7) is 4.51. The molecule has 0 fully saturated rings. The van der Waals surface area contributed by atoms with Crippen LogP contribution in [0.25, 0.3) is 0 Å². The lowest BCUT2D eigenvalue weighted by molar-refractivity contribution is -0.116. The largest absolute Gasteiger partial charge is 0.351 e. The fraction of sp³-hybridized carbons (Fsp3) is 0.429. The van der Waals surface area contributed by atoms with Gasteiger partial charge in [-0.3, -0.25) is 9.59 Å². The summed E-state index contributed by atoms with van der Waals surface area (Å²) in [6.07, 6.45) is 1.06. The molecule has 6 nitrogen and oxygen atoms in total. The standard InChI is InChI=1S/C14H18N4O2S2/c1-9(2)8-12-17-18-14(22-12)16-11(19)5-6-15-13(20)10-4-3-7-21-10/h3-4,7,9H,5-6,8H2,1-2H3,(H,15,20)(H,16,18,19). The maximum Gasteiger partial charge on any atom is 0.261 e. The van der Waals surface area contributed by atoms with E-state index in [4.69, 9.17) is 0 Å². The zero-order valence-corrected chi connectivity index (χ0v) is 14.1. The van der Waals surface area contributed by atoms with Gasteiger partial charge in [0.25, 0.3) is 5.91 Å². The molecule has 118 valence electrons. The number of anilines is 1. The van der Waals surface area contributed by atoms with E-state index >= 15 is 0 Å². The third kappa shape index (κ3) is 5.19. The average molecular weight is 338 g/mol. The Morgan fingerprint density at radius 3 is 2.82 bits per heavy atom. The highest BCUT2D eigenvalue weighted by atomic mass is 32.1. The summed E-state index contributed by atoms with van der Waals surface area (Å²) in [5.74, 6) is 0.167. The van der Waals surface area contributed by atoms with Crippen LogP contribution in [0, 0.1) is 5.92 Å². The van der Waals surface area contributed by atoms with Crippen molar-refractivity contribution in [1.82, 2.24) is 15.5 Å². The van der Waals surface area contributed by atoms with Gasteiger partial charge in [-0.1, -0.05) is 31.3 Å². The monoisotopic (exact) mass is 338 g/mol. The van der Waals surface area contributed by atoms with Gasteiger partial charge in [-0.05, 0) is 17.4 Å². The van der Waals surface area contributed by atoms with Crippen molar-refractivity contribution in [3.05, 3.63) is 27.4 Å². The highest BCUT2D eigenvalue weighted by Crippen LogP contribution is 2.18. The summed E-state index contributed by atoms with van der Waals surface area (Å²) < 4.78 is 0. The number of nitrogens with zero attached hydrogens (tertiary/aromatic N) is 2. The predicted octanol–water partition coefficient (Wildman–Crippen LogP) is 2.56. The highest BCUT2D eigenvalue weighted by molar-refractivity contribution is 7.15. The lowest BCUT2D eigenvalue weighted by Crippen LogP contribution is -2.27. The van der Waals surface area contributed by atoms with Crippen molar-refractivity contribution in [2.75, 3.05) is 11.9 Å². The van der Waals surface area contributed by atoms with Crippen LogP contribution in [0.4, 0.5) is 5.13 Å². The van der Waals surface area contributed by atoms with E-state index < -0.39 is 0 Å². The minimum absolute atomic E-state index is 0.155. The Labute approximate surface area is 137 Å². The maximum atomic E-state index is 11.8. The number of rotatable bonds is 7. The Morgan fingerprint density at radius 1 is 1.32 bits per heavy atom. The van der Waals surface area contributed by atoms with Crippen LogP contribution in [0.5, 0.6) is 0 Å². The first-order valence-corrected chi connectivity index (χ1v) is 8.68. The number of hydrogen-bond acceptors (Lipinski definition) is 6. The molecule has 0 atom stereocenters. The van der Waals surface area contributed by atoms with Crippen molar-refractivity contribution in [2.24, 2.45) is 5.92 Å².